The number of rotatable bonds is 5. The van der Waals surface area contributed by atoms with Gasteiger partial charge in [-0.3, -0.25) is 0 Å². The van der Waals surface area contributed by atoms with Crippen molar-refractivity contribution in [2.24, 2.45) is 0 Å². The zero-order valence-corrected chi connectivity index (χ0v) is 17.2. The summed E-state index contributed by atoms with van der Waals surface area (Å²) in [6.45, 7) is 3.27. The zero-order valence-electron chi connectivity index (χ0n) is 16.4. The normalized spacial score (nSPS) is 11.7. The predicted molar refractivity (Wildman–Crippen MR) is 113 cm³/mol. The van der Waals surface area contributed by atoms with Gasteiger partial charge in [0.05, 0.1) is 22.0 Å². The number of nitrogen functional groups attached to an aromatic ring is 1. The zero-order chi connectivity index (χ0) is 21.3. The molecule has 0 saturated heterocycles. The van der Waals surface area contributed by atoms with Gasteiger partial charge in [0.15, 0.2) is 21.3 Å². The summed E-state index contributed by atoms with van der Waals surface area (Å²) in [7, 11) is -3.53. The van der Waals surface area contributed by atoms with E-state index in [0.29, 0.717) is 17.1 Å². The molecule has 30 heavy (non-hydrogen) atoms. The van der Waals surface area contributed by atoms with Crippen LogP contribution in [0, 0.1) is 0 Å². The van der Waals surface area contributed by atoms with Crippen molar-refractivity contribution in [1.82, 2.24) is 20.2 Å². The van der Waals surface area contributed by atoms with Gasteiger partial charge < -0.3 is 10.2 Å². The summed E-state index contributed by atoms with van der Waals surface area (Å²) in [4.78, 5) is 8.86. The quantitative estimate of drug-likeness (QED) is 0.518. The molecule has 0 aliphatic rings. The maximum absolute atomic E-state index is 12.8. The van der Waals surface area contributed by atoms with E-state index in [2.05, 4.69) is 20.2 Å². The Kier molecular flexibility index (Phi) is 5.04. The van der Waals surface area contributed by atoms with Gasteiger partial charge in [-0.15, -0.1) is 10.2 Å². The van der Waals surface area contributed by atoms with Crippen LogP contribution in [0.3, 0.4) is 0 Å². The Labute approximate surface area is 173 Å². The van der Waals surface area contributed by atoms with Gasteiger partial charge in [-0.25, -0.2) is 18.4 Å². The Hall–Kier alpha value is -3.59. The summed E-state index contributed by atoms with van der Waals surface area (Å²) >= 11 is 0. The molecule has 152 valence electrons. The molecule has 4 aromatic rings. The SMILES string of the molecule is CC(C)S(=O)(=O)c1ccccc1-c1cnc(N)c(-c2nnc(-c3ccccc3)o2)n1. The average molecular weight is 421 g/mol. The molecule has 0 bridgehead atoms. The van der Waals surface area contributed by atoms with Gasteiger partial charge in [-0.05, 0) is 32.0 Å². The summed E-state index contributed by atoms with van der Waals surface area (Å²) in [5, 5.41) is 7.51. The molecular formula is C21H19N5O3S. The highest BCUT2D eigenvalue weighted by Crippen LogP contribution is 2.31. The maximum Gasteiger partial charge on any atom is 0.270 e. The Morgan fingerprint density at radius 3 is 2.33 bits per heavy atom. The van der Waals surface area contributed by atoms with Crippen LogP contribution in [0.2, 0.25) is 0 Å². The third-order valence-electron chi connectivity index (χ3n) is 4.54. The van der Waals surface area contributed by atoms with Crippen LogP contribution >= 0.6 is 0 Å². The van der Waals surface area contributed by atoms with Crippen LogP contribution in [0.15, 0.2) is 70.1 Å². The van der Waals surface area contributed by atoms with Crippen LogP contribution in [0.25, 0.3) is 34.3 Å². The first-order valence-electron chi connectivity index (χ1n) is 9.23. The molecule has 0 aliphatic heterocycles. The van der Waals surface area contributed by atoms with Gasteiger partial charge in [0.2, 0.25) is 5.89 Å². The molecule has 0 aliphatic carbocycles. The van der Waals surface area contributed by atoms with Crippen molar-refractivity contribution in [2.45, 2.75) is 24.0 Å². The standard InChI is InChI=1S/C21H19N5O3S/c1-13(2)30(27,28)17-11-7-6-10-15(17)16-12-23-19(22)18(24-16)21-26-25-20(29-21)14-8-4-3-5-9-14/h3-13H,1-2H3,(H2,22,23). The Balaban J connectivity index is 1.81. The number of nitrogens with two attached hydrogens (primary N) is 1. The molecule has 0 unspecified atom stereocenters. The van der Waals surface area contributed by atoms with Crippen LogP contribution in [-0.4, -0.2) is 33.8 Å². The number of hydrogen-bond acceptors (Lipinski definition) is 8. The van der Waals surface area contributed by atoms with Gasteiger partial charge in [-0.2, -0.15) is 0 Å². The lowest BCUT2D eigenvalue weighted by molar-refractivity contribution is 0.582. The van der Waals surface area contributed by atoms with Crippen LogP contribution in [0.1, 0.15) is 13.8 Å². The minimum atomic E-state index is -3.53. The molecule has 0 spiro atoms. The summed E-state index contributed by atoms with van der Waals surface area (Å²) in [6.07, 6.45) is 1.43. The number of aromatic nitrogens is 4. The predicted octanol–water partition coefficient (Wildman–Crippen LogP) is 3.62. The first kappa shape index (κ1) is 19.7. The Morgan fingerprint density at radius 1 is 0.933 bits per heavy atom. The smallest absolute Gasteiger partial charge is 0.270 e. The lowest BCUT2D eigenvalue weighted by Gasteiger charge is -2.13. The summed E-state index contributed by atoms with van der Waals surface area (Å²) < 4.78 is 31.3. The van der Waals surface area contributed by atoms with Crippen LogP contribution < -0.4 is 5.73 Å². The molecule has 2 N–H and O–H groups in total. The van der Waals surface area contributed by atoms with Gasteiger partial charge >= 0.3 is 0 Å². The molecular weight excluding hydrogens is 402 g/mol. The van der Waals surface area contributed by atoms with Crippen molar-refractivity contribution in [3.05, 3.63) is 60.8 Å². The summed E-state index contributed by atoms with van der Waals surface area (Å²) in [6, 6.07) is 16.0. The number of sulfone groups is 1. The lowest BCUT2D eigenvalue weighted by atomic mass is 10.1. The molecule has 0 saturated carbocycles. The van der Waals surface area contributed by atoms with E-state index in [9.17, 15) is 8.42 Å². The van der Waals surface area contributed by atoms with Crippen molar-refractivity contribution in [3.8, 4) is 34.3 Å². The van der Waals surface area contributed by atoms with Crippen LogP contribution in [0.5, 0.6) is 0 Å². The highest BCUT2D eigenvalue weighted by molar-refractivity contribution is 7.92. The van der Waals surface area contributed by atoms with Crippen molar-refractivity contribution in [3.63, 3.8) is 0 Å². The minimum absolute atomic E-state index is 0.102. The molecule has 0 radical (unpaired) electrons. The minimum Gasteiger partial charge on any atom is -0.414 e. The van der Waals surface area contributed by atoms with Crippen molar-refractivity contribution in [2.75, 3.05) is 5.73 Å². The van der Waals surface area contributed by atoms with Crippen LogP contribution in [0.4, 0.5) is 5.82 Å². The summed E-state index contributed by atoms with van der Waals surface area (Å²) in [5.74, 6) is 0.524. The van der Waals surface area contributed by atoms with E-state index in [1.165, 1.54) is 6.20 Å². The van der Waals surface area contributed by atoms with Gasteiger partial charge in [0.25, 0.3) is 5.89 Å². The fraction of sp³-hybridized carbons (Fsp3) is 0.143. The fourth-order valence-electron chi connectivity index (χ4n) is 2.88. The molecule has 0 fully saturated rings. The third kappa shape index (κ3) is 3.55. The molecule has 2 heterocycles. The van der Waals surface area contributed by atoms with E-state index in [0.717, 1.165) is 5.56 Å². The second kappa shape index (κ2) is 7.68. The molecule has 2 aromatic heterocycles. The highest BCUT2D eigenvalue weighted by atomic mass is 32.2. The molecule has 2 aromatic carbocycles. The number of benzene rings is 2. The van der Waals surface area contributed by atoms with E-state index in [1.54, 1.807) is 38.1 Å². The second-order valence-corrected chi connectivity index (χ2v) is 9.33. The van der Waals surface area contributed by atoms with E-state index < -0.39 is 15.1 Å². The van der Waals surface area contributed by atoms with Crippen molar-refractivity contribution in [1.29, 1.82) is 0 Å². The topological polar surface area (TPSA) is 125 Å². The number of nitrogens with zero attached hydrogens (tertiary/aromatic N) is 4. The molecule has 0 atom stereocenters. The van der Waals surface area contributed by atoms with Crippen molar-refractivity contribution >= 4 is 15.7 Å². The summed E-state index contributed by atoms with van der Waals surface area (Å²) in [5.41, 5.74) is 7.73. The van der Waals surface area contributed by atoms with Gasteiger partial charge in [-0.1, -0.05) is 36.4 Å². The fourth-order valence-corrected chi connectivity index (χ4v) is 4.14. The monoisotopic (exact) mass is 421 g/mol. The average Bonchev–Trinajstić information content (AvgIpc) is 3.25. The maximum atomic E-state index is 12.8. The first-order chi connectivity index (χ1) is 14.4. The first-order valence-corrected chi connectivity index (χ1v) is 10.8. The largest absolute Gasteiger partial charge is 0.414 e. The van der Waals surface area contributed by atoms with Crippen LogP contribution in [-0.2, 0) is 9.84 Å². The van der Waals surface area contributed by atoms with E-state index in [4.69, 9.17) is 10.2 Å². The molecule has 9 heteroatoms. The molecule has 8 nitrogen and oxygen atoms in total. The van der Waals surface area contributed by atoms with Gasteiger partial charge in [0.1, 0.15) is 0 Å². The number of anilines is 1. The Bertz CT molecular complexity index is 1300. The third-order valence-corrected chi connectivity index (χ3v) is 6.75. The lowest BCUT2D eigenvalue weighted by Crippen LogP contribution is -2.15. The highest BCUT2D eigenvalue weighted by Gasteiger charge is 2.24. The van der Waals surface area contributed by atoms with Gasteiger partial charge in [0, 0.05) is 11.1 Å². The molecule has 4 rings (SSSR count). The Morgan fingerprint density at radius 2 is 1.60 bits per heavy atom. The van der Waals surface area contributed by atoms with E-state index in [1.807, 2.05) is 30.3 Å². The molecule has 0 amide bonds. The van der Waals surface area contributed by atoms with Crippen molar-refractivity contribution < 1.29 is 12.8 Å². The van der Waals surface area contributed by atoms with E-state index >= 15 is 0 Å². The van der Waals surface area contributed by atoms with E-state index in [-0.39, 0.29) is 22.3 Å². The second-order valence-electron chi connectivity index (χ2n) is 6.86. The number of hydrogen-bond donors (Lipinski definition) is 1.